The highest BCUT2D eigenvalue weighted by molar-refractivity contribution is 7.99. The zero-order valence-corrected chi connectivity index (χ0v) is 8.11. The number of anilines is 1. The summed E-state index contributed by atoms with van der Waals surface area (Å²) in [6.45, 7) is 0. The Morgan fingerprint density at radius 2 is 2.17 bits per heavy atom. The van der Waals surface area contributed by atoms with Crippen LogP contribution in [0.3, 0.4) is 0 Å². The third-order valence-electron chi connectivity index (χ3n) is 1.34. The Kier molecular flexibility index (Phi) is 4.05. The average molecular weight is 200 g/mol. The van der Waals surface area contributed by atoms with E-state index in [4.69, 9.17) is 17.3 Å². The van der Waals surface area contributed by atoms with Gasteiger partial charge >= 0.3 is 0 Å². The summed E-state index contributed by atoms with van der Waals surface area (Å²) in [5.41, 5.74) is 8.07. The zero-order chi connectivity index (χ0) is 8.81. The van der Waals surface area contributed by atoms with E-state index >= 15 is 0 Å². The molecule has 64 valence electrons. The summed E-state index contributed by atoms with van der Waals surface area (Å²) in [5, 5.41) is 0. The molecule has 1 aromatic carbocycles. The first-order valence-corrected chi connectivity index (χ1v) is 4.99. The highest BCUT2D eigenvalue weighted by Crippen LogP contribution is 2.24. The molecule has 0 heterocycles. The largest absolute Gasteiger partial charge is 0.398 e. The van der Waals surface area contributed by atoms with Gasteiger partial charge in [-0.05, 0) is 12.1 Å². The van der Waals surface area contributed by atoms with Crippen molar-refractivity contribution in [1.29, 1.82) is 0 Å². The summed E-state index contributed by atoms with van der Waals surface area (Å²) in [7, 11) is 0. The highest BCUT2D eigenvalue weighted by atomic mass is 35.5. The van der Waals surface area contributed by atoms with Crippen LogP contribution in [0.15, 0.2) is 40.8 Å². The lowest BCUT2D eigenvalue weighted by Crippen LogP contribution is -1.87. The third-order valence-corrected chi connectivity index (χ3v) is 2.56. The first kappa shape index (κ1) is 9.49. The lowest BCUT2D eigenvalue weighted by molar-refractivity contribution is 1.46. The molecule has 0 amide bonds. The first-order chi connectivity index (χ1) is 5.84. The van der Waals surface area contributed by atoms with Crippen molar-refractivity contribution in [2.24, 2.45) is 0 Å². The molecule has 0 saturated carbocycles. The standard InChI is InChI=1S/C9H10ClNS/c10-6-3-7-12-9-5-2-1-4-8(9)11/h1-6H,7,11H2/b6-3+. The summed E-state index contributed by atoms with van der Waals surface area (Å²) < 4.78 is 0. The van der Waals surface area contributed by atoms with Gasteiger partial charge in [0.15, 0.2) is 0 Å². The normalized spacial score (nSPS) is 10.8. The van der Waals surface area contributed by atoms with E-state index in [1.807, 2.05) is 30.3 Å². The summed E-state index contributed by atoms with van der Waals surface area (Å²) >= 11 is 7.06. The number of halogens is 1. The van der Waals surface area contributed by atoms with Gasteiger partial charge in [-0.25, -0.2) is 0 Å². The smallest absolute Gasteiger partial charge is 0.0452 e. The molecule has 1 nitrogen and oxygen atoms in total. The second-order valence-corrected chi connectivity index (χ2v) is 3.52. The van der Waals surface area contributed by atoms with Crippen molar-refractivity contribution in [3.63, 3.8) is 0 Å². The molecule has 0 saturated heterocycles. The number of nitrogen functional groups attached to an aromatic ring is 1. The van der Waals surface area contributed by atoms with Gasteiger partial charge in [0.25, 0.3) is 0 Å². The van der Waals surface area contributed by atoms with Gasteiger partial charge in [0.05, 0.1) is 0 Å². The topological polar surface area (TPSA) is 26.0 Å². The molecule has 1 rings (SSSR count). The van der Waals surface area contributed by atoms with Gasteiger partial charge in [-0.2, -0.15) is 0 Å². The Balaban J connectivity index is 2.57. The molecule has 0 unspecified atom stereocenters. The number of hydrogen-bond acceptors (Lipinski definition) is 2. The van der Waals surface area contributed by atoms with E-state index in [9.17, 15) is 0 Å². The van der Waals surface area contributed by atoms with Crippen molar-refractivity contribution in [2.45, 2.75) is 4.90 Å². The van der Waals surface area contributed by atoms with Gasteiger partial charge in [-0.1, -0.05) is 29.8 Å². The molecular weight excluding hydrogens is 190 g/mol. The SMILES string of the molecule is Nc1ccccc1SC/C=C/Cl. The van der Waals surface area contributed by atoms with Crippen LogP contribution in [0, 0.1) is 0 Å². The summed E-state index contributed by atoms with van der Waals surface area (Å²) in [6.07, 6.45) is 1.89. The molecule has 0 aliphatic carbocycles. The van der Waals surface area contributed by atoms with E-state index in [2.05, 4.69) is 0 Å². The fourth-order valence-electron chi connectivity index (χ4n) is 0.786. The molecule has 0 atom stereocenters. The van der Waals surface area contributed by atoms with Crippen LogP contribution in [-0.2, 0) is 0 Å². The number of hydrogen-bond donors (Lipinski definition) is 1. The van der Waals surface area contributed by atoms with E-state index in [0.29, 0.717) is 0 Å². The molecule has 0 radical (unpaired) electrons. The second kappa shape index (κ2) is 5.12. The number of benzene rings is 1. The van der Waals surface area contributed by atoms with Crippen molar-refractivity contribution in [1.82, 2.24) is 0 Å². The maximum atomic E-state index is 5.72. The molecule has 2 N–H and O–H groups in total. The zero-order valence-electron chi connectivity index (χ0n) is 6.53. The monoisotopic (exact) mass is 199 g/mol. The first-order valence-electron chi connectivity index (χ1n) is 3.57. The summed E-state index contributed by atoms with van der Waals surface area (Å²) in [6, 6.07) is 7.80. The van der Waals surface area contributed by atoms with Crippen molar-refractivity contribution in [2.75, 3.05) is 11.5 Å². The van der Waals surface area contributed by atoms with Crippen LogP contribution < -0.4 is 5.73 Å². The predicted octanol–water partition coefficient (Wildman–Crippen LogP) is 3.11. The van der Waals surface area contributed by atoms with Crippen LogP contribution in [0.25, 0.3) is 0 Å². The van der Waals surface area contributed by atoms with Crippen molar-refractivity contribution in [3.05, 3.63) is 35.9 Å². The lowest BCUT2D eigenvalue weighted by Gasteiger charge is -2.01. The minimum absolute atomic E-state index is 0.825. The fraction of sp³-hybridized carbons (Fsp3) is 0.111. The molecule has 3 heteroatoms. The van der Waals surface area contributed by atoms with Gasteiger partial charge < -0.3 is 5.73 Å². The van der Waals surface area contributed by atoms with Crippen LogP contribution in [0.5, 0.6) is 0 Å². The van der Waals surface area contributed by atoms with E-state index in [-0.39, 0.29) is 0 Å². The Morgan fingerprint density at radius 3 is 2.83 bits per heavy atom. The molecule has 0 bridgehead atoms. The molecule has 12 heavy (non-hydrogen) atoms. The molecule has 0 spiro atoms. The van der Waals surface area contributed by atoms with E-state index in [0.717, 1.165) is 16.3 Å². The van der Waals surface area contributed by atoms with Gasteiger partial charge in [0, 0.05) is 21.9 Å². The second-order valence-electron chi connectivity index (χ2n) is 2.21. The van der Waals surface area contributed by atoms with Crippen LogP contribution in [0.4, 0.5) is 5.69 Å². The number of thioether (sulfide) groups is 1. The van der Waals surface area contributed by atoms with Gasteiger partial charge in [-0.15, -0.1) is 11.8 Å². The number of nitrogens with two attached hydrogens (primary N) is 1. The molecule has 0 fully saturated rings. The minimum Gasteiger partial charge on any atom is -0.398 e. The third kappa shape index (κ3) is 2.80. The fourth-order valence-corrected chi connectivity index (χ4v) is 1.76. The number of rotatable bonds is 3. The Bertz CT molecular complexity index is 273. The lowest BCUT2D eigenvalue weighted by atomic mass is 10.3. The summed E-state index contributed by atoms with van der Waals surface area (Å²) in [5.74, 6) is 0.859. The van der Waals surface area contributed by atoms with Crippen molar-refractivity contribution < 1.29 is 0 Å². The Morgan fingerprint density at radius 1 is 1.42 bits per heavy atom. The van der Waals surface area contributed by atoms with Crippen LogP contribution >= 0.6 is 23.4 Å². The van der Waals surface area contributed by atoms with Crippen molar-refractivity contribution in [3.8, 4) is 0 Å². The molecule has 0 aromatic heterocycles. The molecule has 0 aliphatic rings. The quantitative estimate of drug-likeness (QED) is 0.598. The van der Waals surface area contributed by atoms with E-state index in [1.165, 1.54) is 5.54 Å². The van der Waals surface area contributed by atoms with Gasteiger partial charge in [0.1, 0.15) is 0 Å². The van der Waals surface area contributed by atoms with Crippen LogP contribution in [0.2, 0.25) is 0 Å². The van der Waals surface area contributed by atoms with E-state index < -0.39 is 0 Å². The van der Waals surface area contributed by atoms with Gasteiger partial charge in [-0.3, -0.25) is 0 Å². The van der Waals surface area contributed by atoms with Crippen molar-refractivity contribution >= 4 is 29.1 Å². The Labute approximate surface area is 81.6 Å². The summed E-state index contributed by atoms with van der Waals surface area (Å²) in [4.78, 5) is 1.10. The minimum atomic E-state index is 0.825. The Hall–Kier alpha value is -0.600. The molecule has 0 aliphatic heterocycles. The maximum absolute atomic E-state index is 5.72. The maximum Gasteiger partial charge on any atom is 0.0452 e. The van der Waals surface area contributed by atoms with Crippen LogP contribution in [-0.4, -0.2) is 5.75 Å². The van der Waals surface area contributed by atoms with E-state index in [1.54, 1.807) is 11.8 Å². The average Bonchev–Trinajstić information content (AvgIpc) is 2.09. The molecular formula is C9H10ClNS. The molecule has 1 aromatic rings. The number of para-hydroxylation sites is 1. The van der Waals surface area contributed by atoms with Gasteiger partial charge in [0.2, 0.25) is 0 Å². The highest BCUT2D eigenvalue weighted by Gasteiger charge is 1.94. The predicted molar refractivity (Wildman–Crippen MR) is 56.6 cm³/mol. The van der Waals surface area contributed by atoms with Crippen LogP contribution in [0.1, 0.15) is 0 Å².